The van der Waals surface area contributed by atoms with Crippen molar-refractivity contribution in [1.82, 2.24) is 20.4 Å². The molecule has 106 valence electrons. The molecule has 1 unspecified atom stereocenters. The van der Waals surface area contributed by atoms with Crippen LogP contribution in [0.25, 0.3) is 0 Å². The van der Waals surface area contributed by atoms with Crippen molar-refractivity contribution in [2.75, 3.05) is 13.1 Å². The Kier molecular flexibility index (Phi) is 4.58. The van der Waals surface area contributed by atoms with Crippen LogP contribution in [0.2, 0.25) is 0 Å². The van der Waals surface area contributed by atoms with Gasteiger partial charge in [-0.25, -0.2) is 0 Å². The van der Waals surface area contributed by atoms with Gasteiger partial charge in [0.25, 0.3) is 0 Å². The number of carbonyl (C=O) groups is 1. The van der Waals surface area contributed by atoms with Gasteiger partial charge in [0.15, 0.2) is 0 Å². The predicted octanol–water partition coefficient (Wildman–Crippen LogP) is 0.838. The van der Waals surface area contributed by atoms with Crippen molar-refractivity contribution in [3.05, 3.63) is 17.0 Å². The first-order chi connectivity index (χ1) is 9.09. The van der Waals surface area contributed by atoms with E-state index in [-0.39, 0.29) is 11.9 Å². The maximum Gasteiger partial charge on any atom is 0.237 e. The highest BCUT2D eigenvalue weighted by Crippen LogP contribution is 2.12. The van der Waals surface area contributed by atoms with Gasteiger partial charge in [-0.1, -0.05) is 6.42 Å². The lowest BCUT2D eigenvalue weighted by atomic mass is 10.0. The van der Waals surface area contributed by atoms with E-state index in [1.807, 2.05) is 18.7 Å². The van der Waals surface area contributed by atoms with Gasteiger partial charge in [0, 0.05) is 19.3 Å². The summed E-state index contributed by atoms with van der Waals surface area (Å²) in [4.78, 5) is 12.0. The molecule has 1 saturated heterocycles. The maximum absolute atomic E-state index is 12.0. The topological polar surface area (TPSA) is 59.0 Å². The summed E-state index contributed by atoms with van der Waals surface area (Å²) in [6.07, 6.45) is 4.13. The van der Waals surface area contributed by atoms with E-state index in [0.29, 0.717) is 6.54 Å². The second-order valence-electron chi connectivity index (χ2n) is 5.32. The molecular weight excluding hydrogens is 240 g/mol. The van der Waals surface area contributed by atoms with Crippen molar-refractivity contribution in [3.8, 4) is 0 Å². The van der Waals surface area contributed by atoms with E-state index in [4.69, 9.17) is 0 Å². The van der Waals surface area contributed by atoms with E-state index in [0.717, 1.165) is 31.5 Å². The number of carbonyl (C=O) groups excluding carboxylic acids is 1. The van der Waals surface area contributed by atoms with E-state index >= 15 is 0 Å². The molecule has 2 rings (SSSR count). The highest BCUT2D eigenvalue weighted by atomic mass is 16.2. The summed E-state index contributed by atoms with van der Waals surface area (Å²) in [5.41, 5.74) is 3.49. The number of hydrogen-bond donors (Lipinski definition) is 2. The molecule has 1 amide bonds. The van der Waals surface area contributed by atoms with E-state index < -0.39 is 0 Å². The van der Waals surface area contributed by atoms with Crippen molar-refractivity contribution in [3.63, 3.8) is 0 Å². The van der Waals surface area contributed by atoms with Gasteiger partial charge >= 0.3 is 0 Å². The number of rotatable bonds is 4. The molecule has 5 heteroatoms. The van der Waals surface area contributed by atoms with Gasteiger partial charge < -0.3 is 10.6 Å². The lowest BCUT2D eigenvalue weighted by molar-refractivity contribution is -0.123. The fraction of sp³-hybridized carbons (Fsp3) is 0.714. The average molecular weight is 264 g/mol. The first-order valence-electron chi connectivity index (χ1n) is 7.09. The number of hydrogen-bond acceptors (Lipinski definition) is 3. The molecule has 0 aliphatic carbocycles. The van der Waals surface area contributed by atoms with Crippen LogP contribution in [-0.2, 0) is 18.3 Å². The molecule has 5 nitrogen and oxygen atoms in total. The molecule has 1 aromatic rings. The van der Waals surface area contributed by atoms with Crippen LogP contribution in [-0.4, -0.2) is 34.8 Å². The largest absolute Gasteiger partial charge is 0.354 e. The van der Waals surface area contributed by atoms with Crippen LogP contribution in [0.3, 0.4) is 0 Å². The van der Waals surface area contributed by atoms with Gasteiger partial charge in [-0.2, -0.15) is 5.10 Å². The third-order valence-electron chi connectivity index (χ3n) is 3.96. The van der Waals surface area contributed by atoms with Crippen LogP contribution < -0.4 is 10.6 Å². The molecule has 1 aliphatic rings. The standard InChI is InChI=1S/C14H24N4O/c1-10-12(11(2)18(3)17-10)7-9-16-14(19)13-6-4-5-8-15-13/h13,15H,4-9H2,1-3H3,(H,16,19). The monoisotopic (exact) mass is 264 g/mol. The minimum absolute atomic E-state index is 0.00448. The zero-order valence-corrected chi connectivity index (χ0v) is 12.1. The predicted molar refractivity (Wildman–Crippen MR) is 75.0 cm³/mol. The Morgan fingerprint density at radius 1 is 1.47 bits per heavy atom. The van der Waals surface area contributed by atoms with E-state index in [2.05, 4.69) is 22.7 Å². The van der Waals surface area contributed by atoms with Gasteiger partial charge in [-0.3, -0.25) is 9.48 Å². The van der Waals surface area contributed by atoms with Crippen molar-refractivity contribution in [2.45, 2.75) is 45.6 Å². The van der Waals surface area contributed by atoms with Crippen LogP contribution in [0.5, 0.6) is 0 Å². The van der Waals surface area contributed by atoms with Crippen molar-refractivity contribution >= 4 is 5.91 Å². The van der Waals surface area contributed by atoms with E-state index in [9.17, 15) is 4.79 Å². The minimum atomic E-state index is 0.00448. The van der Waals surface area contributed by atoms with Gasteiger partial charge in [0.05, 0.1) is 11.7 Å². The van der Waals surface area contributed by atoms with Crippen LogP contribution in [0.4, 0.5) is 0 Å². The first kappa shape index (κ1) is 14.1. The SMILES string of the molecule is Cc1nn(C)c(C)c1CCNC(=O)C1CCCCN1. The number of piperidine rings is 1. The second-order valence-corrected chi connectivity index (χ2v) is 5.32. The summed E-state index contributed by atoms with van der Waals surface area (Å²) in [7, 11) is 1.95. The Balaban J connectivity index is 1.81. The number of aryl methyl sites for hydroxylation is 2. The number of aromatic nitrogens is 2. The third kappa shape index (κ3) is 3.35. The summed E-state index contributed by atoms with van der Waals surface area (Å²) in [5.74, 6) is 0.138. The van der Waals surface area contributed by atoms with Gasteiger partial charge in [-0.15, -0.1) is 0 Å². The molecule has 0 saturated carbocycles. The molecule has 19 heavy (non-hydrogen) atoms. The quantitative estimate of drug-likeness (QED) is 0.847. The summed E-state index contributed by atoms with van der Waals surface area (Å²) in [6, 6.07) is 0.00448. The molecule has 1 fully saturated rings. The normalized spacial score (nSPS) is 19.4. The molecular formula is C14H24N4O. The number of nitrogens with zero attached hydrogens (tertiary/aromatic N) is 2. The summed E-state index contributed by atoms with van der Waals surface area (Å²) >= 11 is 0. The highest BCUT2D eigenvalue weighted by molar-refractivity contribution is 5.81. The zero-order chi connectivity index (χ0) is 13.8. The Labute approximate surface area is 114 Å². The van der Waals surface area contributed by atoms with Gasteiger partial charge in [0.1, 0.15) is 0 Å². The minimum Gasteiger partial charge on any atom is -0.354 e. The van der Waals surface area contributed by atoms with E-state index in [1.165, 1.54) is 17.7 Å². The van der Waals surface area contributed by atoms with Crippen molar-refractivity contribution in [1.29, 1.82) is 0 Å². The average Bonchev–Trinajstić information content (AvgIpc) is 2.66. The first-order valence-corrected chi connectivity index (χ1v) is 7.09. The molecule has 0 bridgehead atoms. The molecule has 1 aliphatic heterocycles. The molecule has 1 aromatic heterocycles. The molecule has 2 heterocycles. The fourth-order valence-corrected chi connectivity index (χ4v) is 2.69. The maximum atomic E-state index is 12.0. The molecule has 1 atom stereocenters. The van der Waals surface area contributed by atoms with Gasteiger partial charge in [-0.05, 0) is 45.2 Å². The molecule has 0 spiro atoms. The molecule has 0 radical (unpaired) electrons. The lowest BCUT2D eigenvalue weighted by Crippen LogP contribution is -2.47. The van der Waals surface area contributed by atoms with Crippen LogP contribution in [0.15, 0.2) is 0 Å². The summed E-state index contributed by atoms with van der Waals surface area (Å²) in [5, 5.41) is 10.7. The Morgan fingerprint density at radius 3 is 2.84 bits per heavy atom. The van der Waals surface area contributed by atoms with Crippen LogP contribution in [0, 0.1) is 13.8 Å². The highest BCUT2D eigenvalue weighted by Gasteiger charge is 2.20. The lowest BCUT2D eigenvalue weighted by Gasteiger charge is -2.22. The summed E-state index contributed by atoms with van der Waals surface area (Å²) in [6.45, 7) is 5.73. The smallest absolute Gasteiger partial charge is 0.237 e. The third-order valence-corrected chi connectivity index (χ3v) is 3.96. The van der Waals surface area contributed by atoms with Crippen molar-refractivity contribution < 1.29 is 4.79 Å². The van der Waals surface area contributed by atoms with Crippen LogP contribution >= 0.6 is 0 Å². The molecule has 2 N–H and O–H groups in total. The Hall–Kier alpha value is -1.36. The van der Waals surface area contributed by atoms with Crippen LogP contribution in [0.1, 0.15) is 36.2 Å². The second kappa shape index (κ2) is 6.19. The van der Waals surface area contributed by atoms with Crippen molar-refractivity contribution in [2.24, 2.45) is 7.05 Å². The summed E-state index contributed by atoms with van der Waals surface area (Å²) < 4.78 is 1.90. The Morgan fingerprint density at radius 2 is 2.26 bits per heavy atom. The van der Waals surface area contributed by atoms with E-state index in [1.54, 1.807) is 0 Å². The zero-order valence-electron chi connectivity index (χ0n) is 12.1. The van der Waals surface area contributed by atoms with Gasteiger partial charge in [0.2, 0.25) is 5.91 Å². The fourth-order valence-electron chi connectivity index (χ4n) is 2.69. The number of nitrogens with one attached hydrogen (secondary N) is 2. The number of amides is 1. The Bertz CT molecular complexity index is 447. The molecule has 0 aromatic carbocycles.